The summed E-state index contributed by atoms with van der Waals surface area (Å²) in [5, 5.41) is 8.07. The van der Waals surface area contributed by atoms with Gasteiger partial charge in [0.15, 0.2) is 5.82 Å². The van der Waals surface area contributed by atoms with Gasteiger partial charge in [-0.3, -0.25) is 9.59 Å². The minimum absolute atomic E-state index is 0.00293. The fourth-order valence-corrected chi connectivity index (χ4v) is 5.23. The summed E-state index contributed by atoms with van der Waals surface area (Å²) in [6.45, 7) is 6.14. The van der Waals surface area contributed by atoms with Crippen LogP contribution in [0.3, 0.4) is 0 Å². The average molecular weight is 422 g/mol. The Hall–Kier alpha value is -3.00. The van der Waals surface area contributed by atoms with E-state index in [1.165, 1.54) is 0 Å². The fraction of sp³-hybridized carbons (Fsp3) is 0.478. The SMILES string of the molecule is CCn1cnnc1CN(C)C(=O)C1C2C(=O)N(Cc3cccc(C)c3)C[C@]23C=C[C@H]1O3. The average Bonchev–Trinajstić information content (AvgIpc) is 3.49. The van der Waals surface area contributed by atoms with Crippen LogP contribution in [0.15, 0.2) is 42.7 Å². The molecule has 2 amide bonds. The van der Waals surface area contributed by atoms with Crippen molar-refractivity contribution in [2.45, 2.75) is 45.2 Å². The van der Waals surface area contributed by atoms with Gasteiger partial charge < -0.3 is 19.1 Å². The van der Waals surface area contributed by atoms with Crippen LogP contribution < -0.4 is 0 Å². The molecule has 31 heavy (non-hydrogen) atoms. The lowest BCUT2D eigenvalue weighted by Gasteiger charge is -2.27. The van der Waals surface area contributed by atoms with Crippen molar-refractivity contribution in [2.24, 2.45) is 11.8 Å². The molecule has 5 rings (SSSR count). The first-order chi connectivity index (χ1) is 14.9. The molecular formula is C23H27N5O3. The van der Waals surface area contributed by atoms with Crippen LogP contribution in [-0.4, -0.2) is 61.7 Å². The van der Waals surface area contributed by atoms with Crippen molar-refractivity contribution < 1.29 is 14.3 Å². The number of carbonyl (C=O) groups excluding carboxylic acids is 2. The summed E-state index contributed by atoms with van der Waals surface area (Å²) in [4.78, 5) is 30.3. The lowest BCUT2D eigenvalue weighted by molar-refractivity contribution is -0.143. The number of hydrogen-bond acceptors (Lipinski definition) is 5. The number of benzene rings is 1. The van der Waals surface area contributed by atoms with E-state index >= 15 is 0 Å². The first-order valence-electron chi connectivity index (χ1n) is 10.7. The van der Waals surface area contributed by atoms with E-state index in [4.69, 9.17) is 4.74 Å². The van der Waals surface area contributed by atoms with E-state index in [1.807, 2.05) is 53.7 Å². The summed E-state index contributed by atoms with van der Waals surface area (Å²) in [7, 11) is 1.75. The zero-order valence-electron chi connectivity index (χ0n) is 18.1. The van der Waals surface area contributed by atoms with E-state index in [2.05, 4.69) is 16.3 Å². The van der Waals surface area contributed by atoms with E-state index in [1.54, 1.807) is 18.3 Å². The van der Waals surface area contributed by atoms with Gasteiger partial charge in [-0.15, -0.1) is 10.2 Å². The van der Waals surface area contributed by atoms with Crippen LogP contribution in [0.2, 0.25) is 0 Å². The molecule has 2 aromatic rings. The molecule has 162 valence electrons. The first-order valence-corrected chi connectivity index (χ1v) is 10.7. The van der Waals surface area contributed by atoms with Crippen molar-refractivity contribution in [3.05, 3.63) is 59.7 Å². The second-order valence-electron chi connectivity index (χ2n) is 8.81. The van der Waals surface area contributed by atoms with Crippen molar-refractivity contribution in [3.8, 4) is 0 Å². The molecule has 1 aromatic carbocycles. The number of nitrogens with zero attached hydrogens (tertiary/aromatic N) is 5. The van der Waals surface area contributed by atoms with Crippen LogP contribution in [0.4, 0.5) is 0 Å². The Kier molecular flexibility index (Phi) is 4.69. The zero-order valence-corrected chi connectivity index (χ0v) is 18.1. The standard InChI is InChI=1S/C23H27N5O3/c1-4-27-14-24-25-18(27)12-26(3)21(29)19-17-8-9-23(31-17)13-28(22(30)20(19)23)11-16-7-5-6-15(2)10-16/h5-10,14,17,19-20H,4,11-13H2,1-3H3/t17-,19?,20?,23-/m1/s1. The molecule has 0 aliphatic carbocycles. The largest absolute Gasteiger partial charge is 0.360 e. The van der Waals surface area contributed by atoms with Gasteiger partial charge in [-0.25, -0.2) is 0 Å². The summed E-state index contributed by atoms with van der Waals surface area (Å²) >= 11 is 0. The van der Waals surface area contributed by atoms with Gasteiger partial charge in [0, 0.05) is 20.1 Å². The second kappa shape index (κ2) is 7.30. The fourth-order valence-electron chi connectivity index (χ4n) is 5.23. The lowest BCUT2D eigenvalue weighted by Crippen LogP contribution is -2.44. The molecule has 1 aromatic heterocycles. The zero-order chi connectivity index (χ0) is 21.8. The van der Waals surface area contributed by atoms with Crippen LogP contribution in [0.25, 0.3) is 0 Å². The van der Waals surface area contributed by atoms with E-state index in [9.17, 15) is 9.59 Å². The topological polar surface area (TPSA) is 80.6 Å². The Labute approximate surface area is 181 Å². The maximum absolute atomic E-state index is 13.4. The Bertz CT molecular complexity index is 1060. The molecule has 8 heteroatoms. The normalized spacial score (nSPS) is 28.4. The molecule has 0 saturated carbocycles. The van der Waals surface area contributed by atoms with Gasteiger partial charge in [-0.1, -0.05) is 42.0 Å². The molecule has 4 heterocycles. The van der Waals surface area contributed by atoms with Crippen LogP contribution in [0, 0.1) is 18.8 Å². The monoisotopic (exact) mass is 421 g/mol. The predicted octanol–water partition coefficient (Wildman–Crippen LogP) is 1.55. The second-order valence-corrected chi connectivity index (χ2v) is 8.81. The highest BCUT2D eigenvalue weighted by atomic mass is 16.5. The minimum Gasteiger partial charge on any atom is -0.360 e. The van der Waals surface area contributed by atoms with Gasteiger partial charge in [-0.05, 0) is 19.4 Å². The Morgan fingerprint density at radius 1 is 1.39 bits per heavy atom. The van der Waals surface area contributed by atoms with Gasteiger partial charge in [0.25, 0.3) is 0 Å². The van der Waals surface area contributed by atoms with Crippen molar-refractivity contribution in [1.82, 2.24) is 24.6 Å². The molecule has 2 bridgehead atoms. The summed E-state index contributed by atoms with van der Waals surface area (Å²) in [5.74, 6) is -0.352. The van der Waals surface area contributed by atoms with E-state index in [0.717, 1.165) is 23.5 Å². The first kappa shape index (κ1) is 19.9. The van der Waals surface area contributed by atoms with Gasteiger partial charge in [0.1, 0.15) is 11.9 Å². The number of aromatic nitrogens is 3. The third kappa shape index (κ3) is 3.17. The summed E-state index contributed by atoms with van der Waals surface area (Å²) in [6.07, 6.45) is 5.25. The Morgan fingerprint density at radius 3 is 3.00 bits per heavy atom. The van der Waals surface area contributed by atoms with Crippen LogP contribution in [0.1, 0.15) is 23.9 Å². The maximum atomic E-state index is 13.4. The number of likely N-dealkylation sites (tertiary alicyclic amines) is 1. The molecule has 0 radical (unpaired) electrons. The Morgan fingerprint density at radius 2 is 2.23 bits per heavy atom. The third-order valence-electron chi connectivity index (χ3n) is 6.71. The molecule has 1 spiro atoms. The van der Waals surface area contributed by atoms with E-state index < -0.39 is 17.4 Å². The summed E-state index contributed by atoms with van der Waals surface area (Å²) in [5.41, 5.74) is 1.55. The summed E-state index contributed by atoms with van der Waals surface area (Å²) in [6, 6.07) is 8.16. The highest BCUT2D eigenvalue weighted by Crippen LogP contribution is 2.52. The molecule has 3 aliphatic heterocycles. The highest BCUT2D eigenvalue weighted by Gasteiger charge is 2.67. The van der Waals surface area contributed by atoms with Crippen molar-refractivity contribution in [2.75, 3.05) is 13.6 Å². The number of carbonyl (C=O) groups is 2. The number of rotatable bonds is 6. The van der Waals surface area contributed by atoms with Crippen molar-refractivity contribution in [1.29, 1.82) is 0 Å². The molecule has 2 unspecified atom stereocenters. The predicted molar refractivity (Wildman–Crippen MR) is 112 cm³/mol. The van der Waals surface area contributed by atoms with Crippen LogP contribution >= 0.6 is 0 Å². The minimum atomic E-state index is -0.698. The smallest absolute Gasteiger partial charge is 0.230 e. The molecule has 0 N–H and O–H groups in total. The Balaban J connectivity index is 1.36. The molecular weight excluding hydrogens is 394 g/mol. The van der Waals surface area contributed by atoms with Gasteiger partial charge >= 0.3 is 0 Å². The number of aryl methyl sites for hydroxylation is 2. The van der Waals surface area contributed by atoms with Gasteiger partial charge in [0.05, 0.1) is 31.0 Å². The third-order valence-corrected chi connectivity index (χ3v) is 6.71. The van der Waals surface area contributed by atoms with Gasteiger partial charge in [-0.2, -0.15) is 0 Å². The molecule has 4 atom stereocenters. The molecule has 2 fully saturated rings. The number of hydrogen-bond donors (Lipinski definition) is 0. The van der Waals surface area contributed by atoms with Crippen LogP contribution in [0.5, 0.6) is 0 Å². The van der Waals surface area contributed by atoms with Gasteiger partial charge in [0.2, 0.25) is 11.8 Å². The lowest BCUT2D eigenvalue weighted by atomic mass is 9.76. The van der Waals surface area contributed by atoms with Crippen molar-refractivity contribution >= 4 is 11.8 Å². The van der Waals surface area contributed by atoms with E-state index in [-0.39, 0.29) is 17.9 Å². The molecule has 8 nitrogen and oxygen atoms in total. The number of ether oxygens (including phenoxy) is 1. The van der Waals surface area contributed by atoms with Crippen molar-refractivity contribution in [3.63, 3.8) is 0 Å². The van der Waals surface area contributed by atoms with E-state index in [0.29, 0.717) is 19.6 Å². The van der Waals surface area contributed by atoms with Crippen LogP contribution in [-0.2, 0) is 34.0 Å². The molecule has 3 aliphatic rings. The molecule has 2 saturated heterocycles. The quantitative estimate of drug-likeness (QED) is 0.661. The maximum Gasteiger partial charge on any atom is 0.230 e. The highest BCUT2D eigenvalue weighted by molar-refractivity contribution is 5.93. The number of fused-ring (bicyclic) bond motifs is 1. The summed E-state index contributed by atoms with van der Waals surface area (Å²) < 4.78 is 8.17. The number of amides is 2.